The van der Waals surface area contributed by atoms with Crippen molar-refractivity contribution in [3.05, 3.63) is 89.5 Å². The Morgan fingerprint density at radius 3 is 2.13 bits per heavy atom. The number of hydrogen-bond acceptors (Lipinski definition) is 7. The zero-order chi connectivity index (χ0) is 28.6. The minimum absolute atomic E-state index is 0.187. The van der Waals surface area contributed by atoms with Gasteiger partial charge in [-0.25, -0.2) is 0 Å². The van der Waals surface area contributed by atoms with Crippen LogP contribution in [-0.4, -0.2) is 74.7 Å². The SMILES string of the molecule is CCC(Cc1ccccc1)(C(=O)c1ccc(N2CCOCC2)cc1)N(C)C.Cc1ccc(O)cc1S(=O)(=O)O. The molecule has 3 aromatic rings. The van der Waals surface area contributed by atoms with Crippen molar-refractivity contribution in [2.45, 2.75) is 37.1 Å². The maximum atomic E-state index is 13.6. The van der Waals surface area contributed by atoms with E-state index in [2.05, 4.69) is 41.0 Å². The van der Waals surface area contributed by atoms with E-state index in [4.69, 9.17) is 14.4 Å². The smallest absolute Gasteiger partial charge is 0.294 e. The highest BCUT2D eigenvalue weighted by molar-refractivity contribution is 7.85. The summed E-state index contributed by atoms with van der Waals surface area (Å²) >= 11 is 0. The van der Waals surface area contributed by atoms with Crippen molar-refractivity contribution in [3.8, 4) is 5.75 Å². The summed E-state index contributed by atoms with van der Waals surface area (Å²) in [5.74, 6) is 0.000561. The van der Waals surface area contributed by atoms with Gasteiger partial charge in [-0.2, -0.15) is 8.42 Å². The third kappa shape index (κ3) is 7.67. The third-order valence-electron chi connectivity index (χ3n) is 7.16. The van der Waals surface area contributed by atoms with E-state index in [0.29, 0.717) is 12.0 Å². The van der Waals surface area contributed by atoms with Crippen molar-refractivity contribution in [3.63, 3.8) is 0 Å². The van der Waals surface area contributed by atoms with Gasteiger partial charge in [-0.3, -0.25) is 14.2 Å². The van der Waals surface area contributed by atoms with Crippen LogP contribution in [0.2, 0.25) is 0 Å². The van der Waals surface area contributed by atoms with Gasteiger partial charge in [-0.05, 0) is 75.3 Å². The van der Waals surface area contributed by atoms with E-state index in [9.17, 15) is 13.2 Å². The number of likely N-dealkylation sites (N-methyl/N-ethyl adjacent to an activating group) is 1. The second-order valence-electron chi connectivity index (χ2n) is 9.84. The first-order valence-electron chi connectivity index (χ1n) is 12.9. The molecule has 0 aliphatic carbocycles. The molecule has 2 N–H and O–H groups in total. The molecule has 1 saturated heterocycles. The van der Waals surface area contributed by atoms with Gasteiger partial charge in [-0.1, -0.05) is 43.3 Å². The number of ether oxygens (including phenoxy) is 1. The average molecular weight is 555 g/mol. The number of aryl methyl sites for hydroxylation is 1. The summed E-state index contributed by atoms with van der Waals surface area (Å²) in [5.41, 5.74) is 2.98. The molecule has 4 rings (SSSR count). The predicted molar refractivity (Wildman–Crippen MR) is 153 cm³/mol. The standard InChI is InChI=1S/C23H30N2O2.C7H8O4S/c1-4-23(24(2)3,18-19-8-6-5-7-9-19)22(26)20-10-12-21(13-11-20)25-14-16-27-17-15-25;1-5-2-3-6(8)4-7(5)12(9,10)11/h5-13H,4,14-18H2,1-3H3;2-4,8H,1H3,(H,9,10,11). The van der Waals surface area contributed by atoms with Gasteiger partial charge in [0, 0.05) is 30.4 Å². The number of carbonyl (C=O) groups excluding carboxylic acids is 1. The van der Waals surface area contributed by atoms with Gasteiger partial charge in [0.2, 0.25) is 0 Å². The molecule has 9 heteroatoms. The largest absolute Gasteiger partial charge is 0.508 e. The molecule has 1 unspecified atom stereocenters. The molecule has 1 aliphatic heterocycles. The Kier molecular flexibility index (Phi) is 10.3. The molecular weight excluding hydrogens is 516 g/mol. The van der Waals surface area contributed by atoms with Gasteiger partial charge >= 0.3 is 0 Å². The number of ketones is 1. The lowest BCUT2D eigenvalue weighted by atomic mass is 9.80. The maximum Gasteiger partial charge on any atom is 0.294 e. The number of rotatable bonds is 8. The Balaban J connectivity index is 0.000000293. The van der Waals surface area contributed by atoms with Crippen LogP contribution in [0.1, 0.15) is 34.8 Å². The molecule has 0 saturated carbocycles. The fourth-order valence-electron chi connectivity index (χ4n) is 4.76. The molecule has 1 aliphatic rings. The van der Waals surface area contributed by atoms with Crippen molar-refractivity contribution >= 4 is 21.6 Å². The van der Waals surface area contributed by atoms with E-state index in [0.717, 1.165) is 50.0 Å². The summed E-state index contributed by atoms with van der Waals surface area (Å²) in [5, 5.41) is 8.93. The Bertz CT molecular complexity index is 1340. The zero-order valence-electron chi connectivity index (χ0n) is 23.0. The van der Waals surface area contributed by atoms with Gasteiger partial charge in [0.05, 0.1) is 18.8 Å². The Labute approximate surface area is 231 Å². The van der Waals surface area contributed by atoms with Crippen LogP contribution in [0.3, 0.4) is 0 Å². The first-order chi connectivity index (χ1) is 18.5. The fraction of sp³-hybridized carbons (Fsp3) is 0.367. The van der Waals surface area contributed by atoms with E-state index in [1.165, 1.54) is 24.6 Å². The first-order valence-corrected chi connectivity index (χ1v) is 14.4. The highest BCUT2D eigenvalue weighted by atomic mass is 32.2. The van der Waals surface area contributed by atoms with E-state index in [1.807, 2.05) is 44.4 Å². The van der Waals surface area contributed by atoms with E-state index in [1.54, 1.807) is 0 Å². The van der Waals surface area contributed by atoms with Crippen LogP contribution < -0.4 is 4.90 Å². The number of benzene rings is 3. The number of hydrogen-bond donors (Lipinski definition) is 2. The summed E-state index contributed by atoms with van der Waals surface area (Å²) in [7, 11) is -0.203. The van der Waals surface area contributed by atoms with E-state index in [-0.39, 0.29) is 16.4 Å². The van der Waals surface area contributed by atoms with Crippen molar-refractivity contribution in [1.29, 1.82) is 0 Å². The number of phenolic OH excluding ortho intramolecular Hbond substituents is 1. The van der Waals surface area contributed by atoms with Gasteiger partial charge < -0.3 is 14.7 Å². The second-order valence-corrected chi connectivity index (χ2v) is 11.2. The Morgan fingerprint density at radius 2 is 1.62 bits per heavy atom. The van der Waals surface area contributed by atoms with Crippen LogP contribution in [0.5, 0.6) is 5.75 Å². The summed E-state index contributed by atoms with van der Waals surface area (Å²) in [4.78, 5) is 17.7. The summed E-state index contributed by atoms with van der Waals surface area (Å²) < 4.78 is 35.4. The lowest BCUT2D eigenvalue weighted by Gasteiger charge is -2.38. The Hall–Kier alpha value is -3.24. The highest BCUT2D eigenvalue weighted by Crippen LogP contribution is 2.29. The molecule has 39 heavy (non-hydrogen) atoms. The molecule has 0 radical (unpaired) electrons. The van der Waals surface area contributed by atoms with Crippen molar-refractivity contribution in [1.82, 2.24) is 4.90 Å². The number of morpholine rings is 1. The fourth-order valence-corrected chi connectivity index (χ4v) is 5.50. The molecule has 1 fully saturated rings. The maximum absolute atomic E-state index is 13.6. The molecule has 210 valence electrons. The van der Waals surface area contributed by atoms with E-state index >= 15 is 0 Å². The lowest BCUT2D eigenvalue weighted by molar-refractivity contribution is 0.0666. The predicted octanol–water partition coefficient (Wildman–Crippen LogP) is 4.61. The minimum Gasteiger partial charge on any atom is -0.508 e. The number of phenols is 1. The van der Waals surface area contributed by atoms with Gasteiger partial charge in [0.1, 0.15) is 10.6 Å². The summed E-state index contributed by atoms with van der Waals surface area (Å²) in [6.07, 6.45) is 1.47. The number of anilines is 1. The second kappa shape index (κ2) is 13.2. The molecule has 8 nitrogen and oxygen atoms in total. The van der Waals surface area contributed by atoms with Crippen LogP contribution in [0.4, 0.5) is 5.69 Å². The van der Waals surface area contributed by atoms with Crippen molar-refractivity contribution in [2.24, 2.45) is 0 Å². The average Bonchev–Trinajstić information content (AvgIpc) is 2.93. The molecule has 3 aromatic carbocycles. The van der Waals surface area contributed by atoms with Crippen LogP contribution in [0, 0.1) is 6.92 Å². The van der Waals surface area contributed by atoms with Crippen LogP contribution in [0.25, 0.3) is 0 Å². The Morgan fingerprint density at radius 1 is 1.00 bits per heavy atom. The molecular formula is C30H38N2O6S. The molecule has 1 heterocycles. The number of Topliss-reactive ketones (excluding diaryl/α,β-unsaturated/α-hetero) is 1. The lowest BCUT2D eigenvalue weighted by Crippen LogP contribution is -2.52. The molecule has 0 amide bonds. The highest BCUT2D eigenvalue weighted by Gasteiger charge is 2.39. The zero-order valence-corrected chi connectivity index (χ0v) is 23.8. The van der Waals surface area contributed by atoms with Crippen LogP contribution >= 0.6 is 0 Å². The quantitative estimate of drug-likeness (QED) is 0.307. The monoisotopic (exact) mass is 554 g/mol. The molecule has 0 aromatic heterocycles. The van der Waals surface area contributed by atoms with Crippen LogP contribution in [0.15, 0.2) is 77.7 Å². The minimum atomic E-state index is -4.22. The number of aromatic hydroxyl groups is 1. The normalized spacial score (nSPS) is 15.3. The number of nitrogens with zero attached hydrogens (tertiary/aromatic N) is 2. The summed E-state index contributed by atoms with van der Waals surface area (Å²) in [6.45, 7) is 6.95. The topological polar surface area (TPSA) is 107 Å². The van der Waals surface area contributed by atoms with Gasteiger partial charge in [0.25, 0.3) is 10.1 Å². The molecule has 0 bridgehead atoms. The van der Waals surface area contributed by atoms with Gasteiger partial charge in [-0.15, -0.1) is 0 Å². The molecule has 0 spiro atoms. The molecule has 1 atom stereocenters. The van der Waals surface area contributed by atoms with E-state index < -0.39 is 15.7 Å². The first kappa shape index (κ1) is 30.3. The van der Waals surface area contributed by atoms with Crippen molar-refractivity contribution in [2.75, 3.05) is 45.3 Å². The third-order valence-corrected chi connectivity index (χ3v) is 8.15. The summed E-state index contributed by atoms with van der Waals surface area (Å²) in [6, 6.07) is 22.1. The van der Waals surface area contributed by atoms with Crippen LogP contribution in [-0.2, 0) is 21.3 Å². The van der Waals surface area contributed by atoms with Gasteiger partial charge in [0.15, 0.2) is 5.78 Å². The number of carbonyl (C=O) groups is 1. The van der Waals surface area contributed by atoms with Crippen molar-refractivity contribution < 1.29 is 27.6 Å².